The van der Waals surface area contributed by atoms with Crippen molar-refractivity contribution < 1.29 is 19.5 Å². The van der Waals surface area contributed by atoms with Gasteiger partial charge >= 0.3 is 0 Å². The summed E-state index contributed by atoms with van der Waals surface area (Å²) in [6, 6.07) is 15.7. The molecule has 4 atom stereocenters. The Morgan fingerprint density at radius 2 is 1.90 bits per heavy atom. The zero-order chi connectivity index (χ0) is 28.1. The molecule has 12 heteroatoms. The van der Waals surface area contributed by atoms with Crippen LogP contribution in [0, 0.1) is 6.92 Å². The molecular formula is C29H27N7O4S. The van der Waals surface area contributed by atoms with Gasteiger partial charge in [0.25, 0.3) is 0 Å². The summed E-state index contributed by atoms with van der Waals surface area (Å²) in [5.74, 6) is 2.11. The maximum atomic E-state index is 11.1. The molecule has 6 aromatic rings. The molecule has 0 aliphatic carbocycles. The van der Waals surface area contributed by atoms with E-state index >= 15 is 0 Å². The number of anilines is 1. The summed E-state index contributed by atoms with van der Waals surface area (Å²) in [4.78, 5) is 16.1. The van der Waals surface area contributed by atoms with Gasteiger partial charge in [0.15, 0.2) is 12.0 Å². The molecule has 41 heavy (non-hydrogen) atoms. The molecule has 1 fully saturated rings. The topological polar surface area (TPSA) is 161 Å². The Morgan fingerprint density at radius 1 is 1.05 bits per heavy atom. The number of nitrogen functional groups attached to an aromatic ring is 1. The fourth-order valence-electron chi connectivity index (χ4n) is 5.37. The molecule has 0 amide bonds. The van der Waals surface area contributed by atoms with E-state index in [0.717, 1.165) is 44.7 Å². The van der Waals surface area contributed by atoms with Crippen molar-refractivity contribution in [3.63, 3.8) is 0 Å². The highest BCUT2D eigenvalue weighted by molar-refractivity contribution is 7.98. The van der Waals surface area contributed by atoms with Crippen molar-refractivity contribution in [3.05, 3.63) is 78.6 Å². The predicted octanol–water partition coefficient (Wildman–Crippen LogP) is 4.07. The van der Waals surface area contributed by atoms with E-state index in [9.17, 15) is 10.2 Å². The lowest BCUT2D eigenvalue weighted by Crippen LogP contribution is -2.32. The largest absolute Gasteiger partial charge is 0.387 e. The highest BCUT2D eigenvalue weighted by Gasteiger charge is 2.44. The van der Waals surface area contributed by atoms with Gasteiger partial charge in [0, 0.05) is 34.4 Å². The molecule has 1 aliphatic heterocycles. The first-order valence-corrected chi connectivity index (χ1v) is 14.3. The van der Waals surface area contributed by atoms with Gasteiger partial charge < -0.3 is 34.8 Å². The summed E-state index contributed by atoms with van der Waals surface area (Å²) in [6.07, 6.45) is 1.13. The second-order valence-electron chi connectivity index (χ2n) is 10.0. The van der Waals surface area contributed by atoms with E-state index in [4.69, 9.17) is 15.0 Å². The first kappa shape index (κ1) is 25.7. The molecule has 5 N–H and O–H groups in total. The lowest BCUT2D eigenvalue weighted by Gasteiger charge is -2.17. The number of aliphatic hydroxyl groups excluding tert-OH is 2. The van der Waals surface area contributed by atoms with Gasteiger partial charge in [-0.2, -0.15) is 11.8 Å². The second-order valence-corrected chi connectivity index (χ2v) is 11.1. The average Bonchev–Trinajstić information content (AvgIpc) is 3.76. The Labute approximate surface area is 238 Å². The van der Waals surface area contributed by atoms with Crippen LogP contribution < -0.4 is 5.73 Å². The van der Waals surface area contributed by atoms with Crippen molar-refractivity contribution in [2.75, 3.05) is 11.5 Å². The van der Waals surface area contributed by atoms with Crippen molar-refractivity contribution in [1.82, 2.24) is 29.7 Å². The Morgan fingerprint density at radius 3 is 2.76 bits per heavy atom. The van der Waals surface area contributed by atoms with Crippen LogP contribution in [0.25, 0.3) is 44.5 Å². The Bertz CT molecular complexity index is 1850. The molecule has 7 rings (SSSR count). The maximum Gasteiger partial charge on any atom is 0.171 e. The second kappa shape index (κ2) is 10.3. The number of thioether (sulfide) groups is 1. The number of nitrogens with two attached hydrogens (primary N) is 1. The van der Waals surface area contributed by atoms with Gasteiger partial charge in [-0.15, -0.1) is 0 Å². The van der Waals surface area contributed by atoms with Gasteiger partial charge in [-0.3, -0.25) is 0 Å². The van der Waals surface area contributed by atoms with Crippen molar-refractivity contribution in [3.8, 4) is 22.5 Å². The van der Waals surface area contributed by atoms with E-state index in [1.165, 1.54) is 6.33 Å². The molecule has 4 aromatic heterocycles. The first-order valence-electron chi connectivity index (χ1n) is 13.1. The summed E-state index contributed by atoms with van der Waals surface area (Å²) in [6.45, 7) is 1.92. The minimum atomic E-state index is -1.17. The van der Waals surface area contributed by atoms with E-state index in [-0.39, 0.29) is 0 Å². The number of aliphatic hydroxyl groups is 2. The van der Waals surface area contributed by atoms with E-state index < -0.39 is 24.5 Å². The minimum Gasteiger partial charge on any atom is -0.387 e. The Hall–Kier alpha value is -4.23. The molecule has 208 valence electrons. The minimum absolute atomic E-state index is 0.312. The van der Waals surface area contributed by atoms with E-state index in [1.54, 1.807) is 22.7 Å². The number of fused-ring (bicyclic) bond motifs is 2. The number of nitrogens with one attached hydrogen (secondary N) is 1. The van der Waals surface area contributed by atoms with Crippen LogP contribution >= 0.6 is 11.8 Å². The molecule has 2 aromatic carbocycles. The van der Waals surface area contributed by atoms with Crippen LogP contribution in [0.4, 0.5) is 5.82 Å². The SMILES string of the molecule is Cc1noc(-c2ccccc2)c1CSC[C@H]1O[C@@H](n2cc(-c3ccc4nc[nH]c4c3)c3c(N)ncnc32)[C@H](O)[C@@H]1O. The lowest BCUT2D eigenvalue weighted by molar-refractivity contribution is -0.0285. The molecule has 0 spiro atoms. The van der Waals surface area contributed by atoms with Gasteiger partial charge in [0.05, 0.1) is 34.5 Å². The van der Waals surface area contributed by atoms with E-state index in [2.05, 4.69) is 25.1 Å². The lowest BCUT2D eigenvalue weighted by atomic mass is 10.1. The van der Waals surface area contributed by atoms with Crippen LogP contribution in [0.2, 0.25) is 0 Å². The molecule has 1 saturated heterocycles. The molecular weight excluding hydrogens is 542 g/mol. The number of ether oxygens (including phenoxy) is 1. The quantitative estimate of drug-likeness (QED) is 0.220. The highest BCUT2D eigenvalue weighted by atomic mass is 32.2. The van der Waals surface area contributed by atoms with Crippen LogP contribution in [0.15, 0.2) is 71.9 Å². The average molecular weight is 570 g/mol. The Kier molecular flexibility index (Phi) is 6.47. The van der Waals surface area contributed by atoms with Gasteiger partial charge in [-0.05, 0) is 24.6 Å². The molecule has 0 radical (unpaired) electrons. The molecule has 0 unspecified atom stereocenters. The fraction of sp³-hybridized carbons (Fsp3) is 0.241. The van der Waals surface area contributed by atoms with Crippen LogP contribution in [0.1, 0.15) is 17.5 Å². The molecule has 11 nitrogen and oxygen atoms in total. The predicted molar refractivity (Wildman–Crippen MR) is 156 cm³/mol. The van der Waals surface area contributed by atoms with Crippen LogP contribution in [-0.2, 0) is 10.5 Å². The highest BCUT2D eigenvalue weighted by Crippen LogP contribution is 2.40. The number of aromatic amines is 1. The number of rotatable bonds is 7. The third kappa shape index (κ3) is 4.45. The van der Waals surface area contributed by atoms with Crippen LogP contribution in [-0.4, -0.2) is 63.9 Å². The summed E-state index contributed by atoms with van der Waals surface area (Å²) in [5, 5.41) is 26.9. The molecule has 0 bridgehead atoms. The van der Waals surface area contributed by atoms with Crippen LogP contribution in [0.3, 0.4) is 0 Å². The van der Waals surface area contributed by atoms with Gasteiger partial charge in [0.2, 0.25) is 0 Å². The number of imidazole rings is 1. The number of aromatic nitrogens is 6. The number of benzene rings is 2. The number of aryl methyl sites for hydroxylation is 1. The maximum absolute atomic E-state index is 11.1. The van der Waals surface area contributed by atoms with E-state index in [1.807, 2.05) is 61.7 Å². The third-order valence-electron chi connectivity index (χ3n) is 7.53. The normalized spacial score (nSPS) is 20.9. The van der Waals surface area contributed by atoms with Crippen molar-refractivity contribution in [1.29, 1.82) is 0 Å². The first-order chi connectivity index (χ1) is 20.0. The fourth-order valence-corrected chi connectivity index (χ4v) is 6.54. The van der Waals surface area contributed by atoms with Crippen molar-refractivity contribution in [2.24, 2.45) is 0 Å². The Balaban J connectivity index is 1.14. The van der Waals surface area contributed by atoms with Gasteiger partial charge in [0.1, 0.15) is 30.0 Å². The summed E-state index contributed by atoms with van der Waals surface area (Å²) >= 11 is 1.58. The van der Waals surface area contributed by atoms with Crippen molar-refractivity contribution in [2.45, 2.75) is 37.2 Å². The number of nitrogens with zero attached hydrogens (tertiary/aromatic N) is 5. The van der Waals surface area contributed by atoms with Crippen molar-refractivity contribution >= 4 is 39.6 Å². The van der Waals surface area contributed by atoms with Crippen LogP contribution in [0.5, 0.6) is 0 Å². The standard InChI is InChI=1S/C29H27N7O4S/c1-15-19(26(40-35-15)16-5-3-2-4-6-16)11-41-12-22-24(37)25(38)29(39-22)36-10-18(23-27(30)33-14-34-28(23)36)17-7-8-20-21(9-17)32-13-31-20/h2-10,13-14,22,24-25,29,37-38H,11-12H2,1H3,(H,31,32)(H2,30,33,34)/t22-,24-,25-,29-/m1/s1. The molecule has 5 heterocycles. The van der Waals surface area contributed by atoms with E-state index in [0.29, 0.717) is 28.4 Å². The smallest absolute Gasteiger partial charge is 0.171 e. The number of hydrogen-bond donors (Lipinski definition) is 4. The zero-order valence-electron chi connectivity index (χ0n) is 22.0. The zero-order valence-corrected chi connectivity index (χ0v) is 22.8. The molecule has 1 aliphatic rings. The monoisotopic (exact) mass is 569 g/mol. The number of hydrogen-bond acceptors (Lipinski definition) is 10. The third-order valence-corrected chi connectivity index (χ3v) is 8.59. The van der Waals surface area contributed by atoms with Gasteiger partial charge in [-0.1, -0.05) is 41.6 Å². The summed E-state index contributed by atoms with van der Waals surface area (Å²) in [5.41, 5.74) is 13.0. The molecule has 0 saturated carbocycles. The summed E-state index contributed by atoms with van der Waals surface area (Å²) < 4.78 is 13.6. The number of H-pyrrole nitrogens is 1. The van der Waals surface area contributed by atoms with Gasteiger partial charge in [-0.25, -0.2) is 15.0 Å². The summed E-state index contributed by atoms with van der Waals surface area (Å²) in [7, 11) is 0.